The normalized spacial score (nSPS) is 16.2. The monoisotopic (exact) mass is 500 g/mol. The highest BCUT2D eigenvalue weighted by Crippen LogP contribution is 2.42. The van der Waals surface area contributed by atoms with Gasteiger partial charge in [0.25, 0.3) is 10.0 Å². The molecule has 3 aromatic rings. The second kappa shape index (κ2) is 9.38. The molecule has 2 N–H and O–H groups in total. The van der Waals surface area contributed by atoms with Gasteiger partial charge in [-0.15, -0.1) is 11.3 Å². The van der Waals surface area contributed by atoms with Crippen molar-refractivity contribution in [1.82, 2.24) is 4.98 Å². The Labute approximate surface area is 203 Å². The van der Waals surface area contributed by atoms with Crippen LogP contribution in [0.5, 0.6) is 5.75 Å². The number of hydrogen-bond donors (Lipinski definition) is 2. The smallest absolute Gasteiger partial charge is 0.335 e. The molecule has 1 aromatic heterocycles. The molecule has 0 amide bonds. The van der Waals surface area contributed by atoms with Crippen LogP contribution in [-0.2, 0) is 10.0 Å². The Morgan fingerprint density at radius 1 is 1.15 bits per heavy atom. The fourth-order valence-corrected chi connectivity index (χ4v) is 6.42. The van der Waals surface area contributed by atoms with Crippen LogP contribution in [0.3, 0.4) is 0 Å². The number of anilines is 1. The predicted octanol–water partition coefficient (Wildman–Crippen LogP) is 6.00. The van der Waals surface area contributed by atoms with E-state index in [4.69, 9.17) is 9.84 Å². The van der Waals surface area contributed by atoms with Gasteiger partial charge in [-0.3, -0.25) is 4.72 Å². The molecule has 7 nitrogen and oxygen atoms in total. The van der Waals surface area contributed by atoms with Crippen LogP contribution in [0.4, 0.5) is 5.69 Å². The molecule has 9 heteroatoms. The molecule has 0 aliphatic heterocycles. The van der Waals surface area contributed by atoms with E-state index in [0.29, 0.717) is 16.3 Å². The fraction of sp³-hybridized carbons (Fsp3) is 0.360. The zero-order valence-electron chi connectivity index (χ0n) is 19.4. The molecule has 4 rings (SSSR count). The van der Waals surface area contributed by atoms with E-state index >= 15 is 0 Å². The summed E-state index contributed by atoms with van der Waals surface area (Å²) in [6.45, 7) is 4.66. The minimum atomic E-state index is -3.98. The van der Waals surface area contributed by atoms with Gasteiger partial charge in [-0.25, -0.2) is 9.78 Å². The summed E-state index contributed by atoms with van der Waals surface area (Å²) in [5.41, 5.74) is 2.75. The molecule has 0 atom stereocenters. The number of sulfonamides is 1. The third kappa shape index (κ3) is 5.26. The summed E-state index contributed by atoms with van der Waals surface area (Å²) in [4.78, 5) is 15.5. The topological polar surface area (TPSA) is 106 Å². The lowest BCUT2D eigenvalue weighted by molar-refractivity contribution is 0.0696. The van der Waals surface area contributed by atoms with Crippen LogP contribution in [0.25, 0.3) is 10.6 Å². The first-order valence-electron chi connectivity index (χ1n) is 11.1. The van der Waals surface area contributed by atoms with Crippen molar-refractivity contribution >= 4 is 33.0 Å². The van der Waals surface area contributed by atoms with Crippen molar-refractivity contribution in [2.75, 3.05) is 11.8 Å². The number of carboxylic acids is 1. The number of aromatic nitrogens is 1. The van der Waals surface area contributed by atoms with Gasteiger partial charge in [0.15, 0.2) is 5.03 Å². The van der Waals surface area contributed by atoms with Crippen molar-refractivity contribution in [3.63, 3.8) is 0 Å². The van der Waals surface area contributed by atoms with Crippen molar-refractivity contribution in [2.24, 2.45) is 5.41 Å². The molecule has 1 heterocycles. The summed E-state index contributed by atoms with van der Waals surface area (Å²) in [7, 11) is -2.64. The zero-order chi connectivity index (χ0) is 24.5. The van der Waals surface area contributed by atoms with E-state index in [2.05, 4.69) is 35.7 Å². The first-order chi connectivity index (χ1) is 16.1. The molecule has 1 aliphatic carbocycles. The molecular formula is C25H28N2O5S2. The summed E-state index contributed by atoms with van der Waals surface area (Å²) < 4.78 is 33.4. The highest BCUT2D eigenvalue weighted by Gasteiger charge is 2.27. The van der Waals surface area contributed by atoms with Gasteiger partial charge in [-0.1, -0.05) is 38.1 Å². The van der Waals surface area contributed by atoms with Crippen LogP contribution in [0, 0.1) is 5.41 Å². The van der Waals surface area contributed by atoms with Crippen LogP contribution in [-0.4, -0.2) is 31.6 Å². The Hall–Kier alpha value is -2.91. The van der Waals surface area contributed by atoms with Gasteiger partial charge in [-0.2, -0.15) is 8.42 Å². The van der Waals surface area contributed by atoms with Crippen LogP contribution in [0.15, 0.2) is 52.9 Å². The summed E-state index contributed by atoms with van der Waals surface area (Å²) in [5.74, 6) is -0.447. The van der Waals surface area contributed by atoms with Crippen LogP contribution < -0.4 is 9.46 Å². The number of rotatable bonds is 7. The van der Waals surface area contributed by atoms with E-state index in [-0.39, 0.29) is 22.0 Å². The first kappa shape index (κ1) is 24.2. The lowest BCUT2D eigenvalue weighted by Crippen LogP contribution is -2.20. The Morgan fingerprint density at radius 3 is 2.44 bits per heavy atom. The maximum absolute atomic E-state index is 12.9. The summed E-state index contributed by atoms with van der Waals surface area (Å²) in [6.07, 6.45) is 4.83. The molecule has 1 fully saturated rings. The third-order valence-electron chi connectivity index (χ3n) is 6.42. The van der Waals surface area contributed by atoms with E-state index in [9.17, 15) is 13.2 Å². The molecule has 2 aromatic carbocycles. The van der Waals surface area contributed by atoms with Gasteiger partial charge in [0, 0.05) is 10.9 Å². The van der Waals surface area contributed by atoms with Crippen LogP contribution >= 0.6 is 11.3 Å². The number of thiazole rings is 1. The minimum absolute atomic E-state index is 0.00359. The number of carbonyl (C=O) groups is 1. The molecule has 0 radical (unpaired) electrons. The Kier molecular flexibility index (Phi) is 6.69. The van der Waals surface area contributed by atoms with Gasteiger partial charge in [0.2, 0.25) is 0 Å². The maximum atomic E-state index is 12.9. The average molecular weight is 501 g/mol. The number of methoxy groups -OCH3 is 1. The largest absolute Gasteiger partial charge is 0.495 e. The predicted molar refractivity (Wildman–Crippen MR) is 133 cm³/mol. The Balaban J connectivity index is 1.50. The van der Waals surface area contributed by atoms with Gasteiger partial charge in [0.05, 0.1) is 18.4 Å². The standard InChI is InChI=1S/C25H28N2O5S2/c1-25(2)12-10-17(11-13-25)16-4-6-18(7-5-16)23-26-22(15-33-23)34(30,31)27-20-9-8-19(24(28)29)14-21(20)32-3/h4-9,14-15,17,27H,10-13H2,1-3H3,(H,28,29). The summed E-state index contributed by atoms with van der Waals surface area (Å²) in [6, 6.07) is 12.2. The fourth-order valence-electron chi connectivity index (χ4n) is 4.25. The highest BCUT2D eigenvalue weighted by molar-refractivity contribution is 7.92. The number of hydrogen-bond acceptors (Lipinski definition) is 6. The van der Waals surface area contributed by atoms with Crippen molar-refractivity contribution in [3.8, 4) is 16.3 Å². The van der Waals surface area contributed by atoms with Gasteiger partial charge in [-0.05, 0) is 60.8 Å². The van der Waals surface area contributed by atoms with Gasteiger partial charge < -0.3 is 9.84 Å². The molecule has 0 bridgehead atoms. The molecule has 0 spiro atoms. The molecular weight excluding hydrogens is 472 g/mol. The van der Waals surface area contributed by atoms with E-state index in [1.165, 1.54) is 73.3 Å². The van der Waals surface area contributed by atoms with Gasteiger partial charge >= 0.3 is 5.97 Å². The van der Waals surface area contributed by atoms with Crippen molar-refractivity contribution in [1.29, 1.82) is 0 Å². The van der Waals surface area contributed by atoms with Crippen LogP contribution in [0.2, 0.25) is 0 Å². The number of aromatic carboxylic acids is 1. The van der Waals surface area contributed by atoms with E-state index in [0.717, 1.165) is 5.56 Å². The molecule has 1 aliphatic rings. The quantitative estimate of drug-likeness (QED) is 0.412. The second-order valence-corrected chi connectivity index (χ2v) is 11.9. The highest BCUT2D eigenvalue weighted by atomic mass is 32.2. The van der Waals surface area contributed by atoms with Gasteiger partial charge in [0.1, 0.15) is 10.8 Å². The van der Waals surface area contributed by atoms with E-state index < -0.39 is 16.0 Å². The number of benzene rings is 2. The number of ether oxygens (including phenoxy) is 1. The molecule has 0 saturated heterocycles. The number of nitrogens with one attached hydrogen (secondary N) is 1. The molecule has 180 valence electrons. The lowest BCUT2D eigenvalue weighted by Gasteiger charge is -2.34. The Bertz CT molecular complexity index is 1290. The second-order valence-electron chi connectivity index (χ2n) is 9.38. The number of carboxylic acid groups (broad SMARTS) is 1. The molecule has 1 saturated carbocycles. The molecule has 34 heavy (non-hydrogen) atoms. The third-order valence-corrected chi connectivity index (χ3v) is 8.71. The van der Waals surface area contributed by atoms with Crippen molar-refractivity contribution in [3.05, 3.63) is 59.0 Å². The average Bonchev–Trinajstić information content (AvgIpc) is 3.31. The summed E-state index contributed by atoms with van der Waals surface area (Å²) >= 11 is 1.26. The van der Waals surface area contributed by atoms with Crippen LogP contribution in [0.1, 0.15) is 61.4 Å². The van der Waals surface area contributed by atoms with Crippen molar-refractivity contribution in [2.45, 2.75) is 50.5 Å². The zero-order valence-corrected chi connectivity index (χ0v) is 21.0. The van der Waals surface area contributed by atoms with E-state index in [1.807, 2.05) is 12.1 Å². The first-order valence-corrected chi connectivity index (χ1v) is 13.4. The minimum Gasteiger partial charge on any atom is -0.495 e. The number of nitrogens with zero attached hydrogens (tertiary/aromatic N) is 1. The molecule has 0 unspecified atom stereocenters. The lowest BCUT2D eigenvalue weighted by atomic mass is 9.71. The summed E-state index contributed by atoms with van der Waals surface area (Å²) in [5, 5.41) is 11.1. The van der Waals surface area contributed by atoms with E-state index in [1.54, 1.807) is 0 Å². The SMILES string of the molecule is COc1cc(C(=O)O)ccc1NS(=O)(=O)c1csc(-c2ccc(C3CCC(C)(C)CC3)cc2)n1. The van der Waals surface area contributed by atoms with Crippen molar-refractivity contribution < 1.29 is 23.1 Å². The maximum Gasteiger partial charge on any atom is 0.335 e. The Morgan fingerprint density at radius 2 is 1.82 bits per heavy atom.